The highest BCUT2D eigenvalue weighted by Crippen LogP contribution is 2.29. The van der Waals surface area contributed by atoms with Gasteiger partial charge in [-0.15, -0.1) is 0 Å². The Hall–Kier alpha value is -2.93. The highest BCUT2D eigenvalue weighted by Gasteiger charge is 2.24. The van der Waals surface area contributed by atoms with Crippen LogP contribution in [0, 0.1) is 6.92 Å². The molecule has 2 aromatic heterocycles. The number of hydrogen-bond donors (Lipinski definition) is 0. The van der Waals surface area contributed by atoms with E-state index in [1.54, 1.807) is 11.8 Å². The number of pyridine rings is 1. The zero-order valence-corrected chi connectivity index (χ0v) is 15.7. The van der Waals surface area contributed by atoms with Crippen molar-refractivity contribution >= 4 is 16.9 Å². The van der Waals surface area contributed by atoms with Gasteiger partial charge in [0, 0.05) is 25.7 Å². The highest BCUT2D eigenvalue weighted by atomic mass is 16.5. The number of morpholine rings is 1. The lowest BCUT2D eigenvalue weighted by atomic mass is 10.0. The summed E-state index contributed by atoms with van der Waals surface area (Å²) in [6, 6.07) is 9.54. The van der Waals surface area contributed by atoms with Gasteiger partial charge in [0.05, 0.1) is 42.7 Å². The van der Waals surface area contributed by atoms with Crippen molar-refractivity contribution in [2.75, 3.05) is 33.4 Å². The standard InChI is InChI=1S/C20H22N4O3/c1-13-18-16(20(25)24-8-10-27-11-9-24)12-17(21-19(18)23(2)22-13)14-4-6-15(26-3)7-5-14/h4-7,12H,8-11H2,1-3H3. The fourth-order valence-corrected chi connectivity index (χ4v) is 3.46. The van der Waals surface area contributed by atoms with Gasteiger partial charge in [-0.2, -0.15) is 5.10 Å². The minimum atomic E-state index is -0.00318. The maximum absolute atomic E-state index is 13.2. The number of amides is 1. The number of rotatable bonds is 3. The molecule has 4 rings (SSSR count). The first-order valence-corrected chi connectivity index (χ1v) is 8.94. The summed E-state index contributed by atoms with van der Waals surface area (Å²) in [7, 11) is 3.49. The Morgan fingerprint density at radius 3 is 2.56 bits per heavy atom. The van der Waals surface area contributed by atoms with Crippen molar-refractivity contribution in [2.45, 2.75) is 6.92 Å². The molecular formula is C20H22N4O3. The summed E-state index contributed by atoms with van der Waals surface area (Å²) in [5.74, 6) is 0.775. The lowest BCUT2D eigenvalue weighted by Crippen LogP contribution is -2.40. The van der Waals surface area contributed by atoms with E-state index in [1.807, 2.05) is 49.2 Å². The number of carbonyl (C=O) groups excluding carboxylic acids is 1. The van der Waals surface area contributed by atoms with Gasteiger partial charge in [-0.05, 0) is 37.3 Å². The van der Waals surface area contributed by atoms with E-state index in [0.717, 1.165) is 28.1 Å². The van der Waals surface area contributed by atoms with Gasteiger partial charge < -0.3 is 14.4 Å². The smallest absolute Gasteiger partial charge is 0.254 e. The molecule has 0 N–H and O–H groups in total. The first kappa shape index (κ1) is 17.5. The second-order valence-corrected chi connectivity index (χ2v) is 6.60. The lowest BCUT2D eigenvalue weighted by Gasteiger charge is -2.27. The molecule has 7 nitrogen and oxygen atoms in total. The minimum absolute atomic E-state index is 0.00318. The maximum Gasteiger partial charge on any atom is 0.254 e. The Kier molecular flexibility index (Phi) is 4.53. The number of aromatic nitrogens is 3. The number of aryl methyl sites for hydroxylation is 2. The van der Waals surface area contributed by atoms with E-state index >= 15 is 0 Å². The Morgan fingerprint density at radius 1 is 1.19 bits per heavy atom. The number of fused-ring (bicyclic) bond motifs is 1. The molecule has 140 valence electrons. The topological polar surface area (TPSA) is 69.5 Å². The van der Waals surface area contributed by atoms with E-state index < -0.39 is 0 Å². The van der Waals surface area contributed by atoms with E-state index in [4.69, 9.17) is 14.5 Å². The molecule has 0 atom stereocenters. The first-order chi connectivity index (χ1) is 13.1. The van der Waals surface area contributed by atoms with Crippen molar-refractivity contribution in [1.82, 2.24) is 19.7 Å². The normalized spacial score (nSPS) is 14.6. The second kappa shape index (κ2) is 7.00. The molecule has 27 heavy (non-hydrogen) atoms. The van der Waals surface area contributed by atoms with Crippen LogP contribution in [0.25, 0.3) is 22.3 Å². The van der Waals surface area contributed by atoms with Crippen LogP contribution in [0.3, 0.4) is 0 Å². The van der Waals surface area contributed by atoms with Crippen molar-refractivity contribution < 1.29 is 14.3 Å². The number of carbonyl (C=O) groups is 1. The molecule has 0 spiro atoms. The molecule has 0 unspecified atom stereocenters. The third kappa shape index (κ3) is 3.14. The number of benzene rings is 1. The molecular weight excluding hydrogens is 344 g/mol. The molecule has 0 aliphatic carbocycles. The summed E-state index contributed by atoms with van der Waals surface area (Å²) in [5, 5.41) is 5.29. The van der Waals surface area contributed by atoms with E-state index in [-0.39, 0.29) is 5.91 Å². The molecule has 0 radical (unpaired) electrons. The average molecular weight is 366 g/mol. The SMILES string of the molecule is COc1ccc(-c2cc(C(=O)N3CCOCC3)c3c(C)nn(C)c3n2)cc1. The molecule has 3 heterocycles. The third-order valence-corrected chi connectivity index (χ3v) is 4.88. The molecule has 3 aromatic rings. The predicted molar refractivity (Wildman–Crippen MR) is 102 cm³/mol. The lowest BCUT2D eigenvalue weighted by molar-refractivity contribution is 0.0304. The van der Waals surface area contributed by atoms with Gasteiger partial charge in [0.1, 0.15) is 5.75 Å². The van der Waals surface area contributed by atoms with Crippen LogP contribution in [0.1, 0.15) is 16.1 Å². The van der Waals surface area contributed by atoms with Gasteiger partial charge in [-0.3, -0.25) is 9.48 Å². The fourth-order valence-electron chi connectivity index (χ4n) is 3.46. The van der Waals surface area contributed by atoms with Crippen LogP contribution in [0.2, 0.25) is 0 Å². The van der Waals surface area contributed by atoms with E-state index in [9.17, 15) is 4.79 Å². The Labute approximate surface area is 157 Å². The maximum atomic E-state index is 13.2. The van der Waals surface area contributed by atoms with Crippen LogP contribution >= 0.6 is 0 Å². The number of nitrogens with zero attached hydrogens (tertiary/aromatic N) is 4. The fraction of sp³-hybridized carbons (Fsp3) is 0.350. The van der Waals surface area contributed by atoms with E-state index in [1.165, 1.54) is 0 Å². The van der Waals surface area contributed by atoms with Crippen molar-refractivity contribution in [3.05, 3.63) is 41.6 Å². The summed E-state index contributed by atoms with van der Waals surface area (Å²) >= 11 is 0. The average Bonchev–Trinajstić information content (AvgIpc) is 3.01. The zero-order valence-electron chi connectivity index (χ0n) is 15.7. The van der Waals surface area contributed by atoms with Crippen LogP contribution in [0.5, 0.6) is 5.75 Å². The monoisotopic (exact) mass is 366 g/mol. The Morgan fingerprint density at radius 2 is 1.89 bits per heavy atom. The molecule has 1 aliphatic rings. The minimum Gasteiger partial charge on any atom is -0.497 e. The molecule has 1 aromatic carbocycles. The van der Waals surface area contributed by atoms with Gasteiger partial charge in [0.2, 0.25) is 0 Å². The Bertz CT molecular complexity index is 989. The Balaban J connectivity index is 1.86. The highest BCUT2D eigenvalue weighted by molar-refractivity contribution is 6.07. The summed E-state index contributed by atoms with van der Waals surface area (Å²) in [6.45, 7) is 4.24. The van der Waals surface area contributed by atoms with Crippen LogP contribution < -0.4 is 4.74 Å². The van der Waals surface area contributed by atoms with Gasteiger partial charge in [0.15, 0.2) is 5.65 Å². The van der Waals surface area contributed by atoms with Crippen molar-refractivity contribution in [3.8, 4) is 17.0 Å². The number of ether oxygens (including phenoxy) is 2. The van der Waals surface area contributed by atoms with Crippen molar-refractivity contribution in [1.29, 1.82) is 0 Å². The van der Waals surface area contributed by atoms with Gasteiger partial charge >= 0.3 is 0 Å². The molecule has 1 amide bonds. The molecule has 0 bridgehead atoms. The number of hydrogen-bond acceptors (Lipinski definition) is 5. The van der Waals surface area contributed by atoms with E-state index in [0.29, 0.717) is 37.5 Å². The van der Waals surface area contributed by atoms with E-state index in [2.05, 4.69) is 5.10 Å². The summed E-state index contributed by atoms with van der Waals surface area (Å²) < 4.78 is 12.3. The molecule has 1 fully saturated rings. The predicted octanol–water partition coefficient (Wildman–Crippen LogP) is 2.42. The first-order valence-electron chi connectivity index (χ1n) is 8.94. The summed E-state index contributed by atoms with van der Waals surface area (Å²) in [4.78, 5) is 19.9. The van der Waals surface area contributed by atoms with Gasteiger partial charge in [-0.25, -0.2) is 4.98 Å². The summed E-state index contributed by atoms with van der Waals surface area (Å²) in [6.07, 6.45) is 0. The molecule has 7 heteroatoms. The second-order valence-electron chi connectivity index (χ2n) is 6.60. The molecule has 0 saturated carbocycles. The van der Waals surface area contributed by atoms with Crippen molar-refractivity contribution in [2.24, 2.45) is 7.05 Å². The molecule has 1 saturated heterocycles. The van der Waals surface area contributed by atoms with Crippen LogP contribution in [0.15, 0.2) is 30.3 Å². The number of methoxy groups -OCH3 is 1. The van der Waals surface area contributed by atoms with Crippen LogP contribution in [-0.4, -0.2) is 59.0 Å². The quantitative estimate of drug-likeness (QED) is 0.712. The van der Waals surface area contributed by atoms with Crippen molar-refractivity contribution in [3.63, 3.8) is 0 Å². The van der Waals surface area contributed by atoms with Gasteiger partial charge in [-0.1, -0.05) is 0 Å². The van der Waals surface area contributed by atoms with Gasteiger partial charge in [0.25, 0.3) is 5.91 Å². The summed E-state index contributed by atoms with van der Waals surface area (Å²) in [5.41, 5.74) is 3.81. The molecule has 1 aliphatic heterocycles. The largest absolute Gasteiger partial charge is 0.497 e. The zero-order chi connectivity index (χ0) is 19.0. The third-order valence-electron chi connectivity index (χ3n) is 4.88. The van der Waals surface area contributed by atoms with Crippen LogP contribution in [0.4, 0.5) is 0 Å². The van der Waals surface area contributed by atoms with Crippen LogP contribution in [-0.2, 0) is 11.8 Å².